The predicted molar refractivity (Wildman–Crippen MR) is 130 cm³/mol. The Morgan fingerprint density at radius 1 is 1.19 bits per heavy atom. The highest BCUT2D eigenvalue weighted by molar-refractivity contribution is 7.10. The zero-order valence-corrected chi connectivity index (χ0v) is 20.9. The Labute approximate surface area is 200 Å². The maximum absolute atomic E-state index is 13.4. The van der Waals surface area contributed by atoms with E-state index in [2.05, 4.69) is 25.3 Å². The van der Waals surface area contributed by atoms with E-state index in [1.165, 1.54) is 4.88 Å². The third-order valence-electron chi connectivity index (χ3n) is 5.74. The van der Waals surface area contributed by atoms with Crippen LogP contribution < -0.4 is 4.74 Å². The van der Waals surface area contributed by atoms with Crippen LogP contribution in [-0.4, -0.2) is 47.9 Å². The Bertz CT molecular complexity index is 910. The molecule has 3 rings (SSSR count). The van der Waals surface area contributed by atoms with Gasteiger partial charge in [0.1, 0.15) is 12.4 Å². The molecule has 0 fully saturated rings. The van der Waals surface area contributed by atoms with Crippen LogP contribution in [0.1, 0.15) is 50.6 Å². The van der Waals surface area contributed by atoms with Crippen molar-refractivity contribution in [2.75, 3.05) is 26.2 Å². The van der Waals surface area contributed by atoms with Crippen LogP contribution in [0.5, 0.6) is 5.75 Å². The minimum Gasteiger partial charge on any atom is -0.491 e. The smallest absolute Gasteiger partial charge is 0.242 e. The number of benzene rings is 1. The standard InChI is InChI=1S/C25H33ClN2O3S/c1-17(2)9-12-27(25(30)18(3)4)15-24(29)28-13-10-23-21(11-14-32-23)22(28)16-31-20-7-5-19(26)6-8-20/h5-8,11,14,17-18,22H,9-10,12-13,15-16H2,1-4H3/t22-/m0/s1. The molecule has 1 aromatic carbocycles. The molecule has 174 valence electrons. The van der Waals surface area contributed by atoms with Crippen LogP contribution in [0.15, 0.2) is 35.7 Å². The number of rotatable bonds is 9. The molecule has 1 aliphatic heterocycles. The van der Waals surface area contributed by atoms with Crippen molar-refractivity contribution >= 4 is 34.8 Å². The van der Waals surface area contributed by atoms with Gasteiger partial charge < -0.3 is 14.5 Å². The summed E-state index contributed by atoms with van der Waals surface area (Å²) in [6.45, 7) is 9.74. The van der Waals surface area contributed by atoms with Crippen molar-refractivity contribution in [3.63, 3.8) is 0 Å². The number of amides is 2. The van der Waals surface area contributed by atoms with Gasteiger partial charge in [-0.25, -0.2) is 0 Å². The quantitative estimate of drug-likeness (QED) is 0.484. The monoisotopic (exact) mass is 476 g/mol. The minimum absolute atomic E-state index is 0.0238. The SMILES string of the molecule is CC(C)CCN(CC(=O)N1CCc2sccc2[C@@H]1COc1ccc(Cl)cc1)C(=O)C(C)C. The third-order valence-corrected chi connectivity index (χ3v) is 6.99. The molecular weight excluding hydrogens is 444 g/mol. The lowest BCUT2D eigenvalue weighted by molar-refractivity contribution is -0.144. The number of ether oxygens (including phenoxy) is 1. The molecule has 2 heterocycles. The molecule has 0 saturated heterocycles. The molecule has 0 N–H and O–H groups in total. The number of halogens is 1. The summed E-state index contributed by atoms with van der Waals surface area (Å²) in [5, 5.41) is 2.73. The lowest BCUT2D eigenvalue weighted by Crippen LogP contribution is -2.48. The first-order chi connectivity index (χ1) is 15.3. The number of fused-ring (bicyclic) bond motifs is 1. The van der Waals surface area contributed by atoms with Crippen LogP contribution >= 0.6 is 22.9 Å². The maximum Gasteiger partial charge on any atom is 0.242 e. The van der Waals surface area contributed by atoms with Crippen molar-refractivity contribution in [1.82, 2.24) is 9.80 Å². The number of hydrogen-bond donors (Lipinski definition) is 0. The highest BCUT2D eigenvalue weighted by Crippen LogP contribution is 2.34. The average molecular weight is 477 g/mol. The summed E-state index contributed by atoms with van der Waals surface area (Å²) < 4.78 is 6.05. The summed E-state index contributed by atoms with van der Waals surface area (Å²) in [6.07, 6.45) is 1.71. The fourth-order valence-electron chi connectivity index (χ4n) is 3.88. The molecule has 0 radical (unpaired) electrons. The van der Waals surface area contributed by atoms with E-state index >= 15 is 0 Å². The van der Waals surface area contributed by atoms with Gasteiger partial charge in [-0.1, -0.05) is 39.3 Å². The van der Waals surface area contributed by atoms with Gasteiger partial charge in [-0.3, -0.25) is 9.59 Å². The van der Waals surface area contributed by atoms with Gasteiger partial charge in [0, 0.05) is 28.9 Å². The zero-order valence-electron chi connectivity index (χ0n) is 19.3. The van der Waals surface area contributed by atoms with Crippen molar-refractivity contribution < 1.29 is 14.3 Å². The van der Waals surface area contributed by atoms with Gasteiger partial charge in [-0.15, -0.1) is 11.3 Å². The van der Waals surface area contributed by atoms with E-state index in [0.29, 0.717) is 30.6 Å². The van der Waals surface area contributed by atoms with Gasteiger partial charge in [-0.2, -0.15) is 0 Å². The van der Waals surface area contributed by atoms with Crippen molar-refractivity contribution in [2.24, 2.45) is 11.8 Å². The summed E-state index contributed by atoms with van der Waals surface area (Å²) in [4.78, 5) is 31.1. The molecule has 0 saturated carbocycles. The number of nitrogens with zero attached hydrogens (tertiary/aromatic N) is 2. The molecule has 1 aliphatic rings. The molecule has 0 spiro atoms. The zero-order chi connectivity index (χ0) is 23.3. The predicted octanol–water partition coefficient (Wildman–Crippen LogP) is 5.44. The maximum atomic E-state index is 13.4. The van der Waals surface area contributed by atoms with E-state index in [4.69, 9.17) is 16.3 Å². The fourth-order valence-corrected chi connectivity index (χ4v) is 4.94. The fraction of sp³-hybridized carbons (Fsp3) is 0.520. The van der Waals surface area contributed by atoms with Crippen LogP contribution in [0.3, 0.4) is 0 Å². The topological polar surface area (TPSA) is 49.9 Å². The van der Waals surface area contributed by atoms with Gasteiger partial charge in [0.2, 0.25) is 11.8 Å². The molecule has 0 aliphatic carbocycles. The molecule has 32 heavy (non-hydrogen) atoms. The first-order valence-electron chi connectivity index (χ1n) is 11.3. The first-order valence-corrected chi connectivity index (χ1v) is 12.5. The third kappa shape index (κ3) is 6.26. The van der Waals surface area contributed by atoms with Crippen LogP contribution in [0.25, 0.3) is 0 Å². The van der Waals surface area contributed by atoms with E-state index in [0.717, 1.165) is 24.2 Å². The Hall–Kier alpha value is -2.05. The minimum atomic E-state index is -0.172. The second kappa shape index (κ2) is 11.2. The van der Waals surface area contributed by atoms with Gasteiger partial charge in [0.25, 0.3) is 0 Å². The number of hydrogen-bond acceptors (Lipinski definition) is 4. The first kappa shape index (κ1) is 24.6. The summed E-state index contributed by atoms with van der Waals surface area (Å²) in [5.74, 6) is 1.06. The van der Waals surface area contributed by atoms with E-state index in [9.17, 15) is 9.59 Å². The van der Waals surface area contributed by atoms with E-state index < -0.39 is 0 Å². The van der Waals surface area contributed by atoms with Crippen molar-refractivity contribution in [3.05, 3.63) is 51.2 Å². The molecule has 1 aromatic heterocycles. The van der Waals surface area contributed by atoms with Crippen LogP contribution in [0, 0.1) is 11.8 Å². The lowest BCUT2D eigenvalue weighted by Gasteiger charge is -2.37. The molecule has 2 aromatic rings. The second-order valence-electron chi connectivity index (χ2n) is 9.01. The van der Waals surface area contributed by atoms with Gasteiger partial charge in [-0.05, 0) is 60.0 Å². The van der Waals surface area contributed by atoms with E-state index in [1.54, 1.807) is 28.4 Å². The van der Waals surface area contributed by atoms with Crippen molar-refractivity contribution in [2.45, 2.75) is 46.6 Å². The van der Waals surface area contributed by atoms with Crippen LogP contribution in [-0.2, 0) is 16.0 Å². The summed E-state index contributed by atoms with van der Waals surface area (Å²) >= 11 is 7.70. The largest absolute Gasteiger partial charge is 0.491 e. The average Bonchev–Trinajstić information content (AvgIpc) is 3.24. The molecule has 0 bridgehead atoms. The van der Waals surface area contributed by atoms with Crippen LogP contribution in [0.4, 0.5) is 0 Å². The van der Waals surface area contributed by atoms with Crippen molar-refractivity contribution in [1.29, 1.82) is 0 Å². The second-order valence-corrected chi connectivity index (χ2v) is 10.5. The molecule has 2 amide bonds. The number of carbonyl (C=O) groups is 2. The van der Waals surface area contributed by atoms with Crippen LogP contribution in [0.2, 0.25) is 5.02 Å². The number of carbonyl (C=O) groups excluding carboxylic acids is 2. The van der Waals surface area contributed by atoms with Gasteiger partial charge >= 0.3 is 0 Å². The molecule has 0 unspecified atom stereocenters. The van der Waals surface area contributed by atoms with Gasteiger partial charge in [0.15, 0.2) is 0 Å². The lowest BCUT2D eigenvalue weighted by atomic mass is 10.00. The van der Waals surface area contributed by atoms with E-state index in [-0.39, 0.29) is 30.3 Å². The summed E-state index contributed by atoms with van der Waals surface area (Å²) in [7, 11) is 0. The number of thiophene rings is 1. The summed E-state index contributed by atoms with van der Waals surface area (Å²) in [5.41, 5.74) is 1.15. The Balaban J connectivity index is 1.75. The highest BCUT2D eigenvalue weighted by atomic mass is 35.5. The van der Waals surface area contributed by atoms with E-state index in [1.807, 2.05) is 30.9 Å². The van der Waals surface area contributed by atoms with Gasteiger partial charge in [0.05, 0.1) is 12.6 Å². The molecule has 1 atom stereocenters. The Morgan fingerprint density at radius 3 is 2.56 bits per heavy atom. The Morgan fingerprint density at radius 2 is 1.91 bits per heavy atom. The highest BCUT2D eigenvalue weighted by Gasteiger charge is 2.33. The molecule has 7 heteroatoms. The normalized spacial score (nSPS) is 15.7. The molecular formula is C25H33ClN2O3S. The van der Waals surface area contributed by atoms with Crippen molar-refractivity contribution in [3.8, 4) is 5.75 Å². The summed E-state index contributed by atoms with van der Waals surface area (Å²) in [6, 6.07) is 9.17. The Kier molecular flexibility index (Phi) is 8.60. The molecule has 5 nitrogen and oxygen atoms in total.